The highest BCUT2D eigenvalue weighted by atomic mass is 16.2. The van der Waals surface area contributed by atoms with Gasteiger partial charge in [0, 0.05) is 7.05 Å². The van der Waals surface area contributed by atoms with Gasteiger partial charge in [0.15, 0.2) is 0 Å². The molecule has 1 saturated heterocycles. The van der Waals surface area contributed by atoms with E-state index in [-0.39, 0.29) is 23.3 Å². The second kappa shape index (κ2) is 7.07. The molecule has 0 aliphatic carbocycles. The van der Waals surface area contributed by atoms with Crippen molar-refractivity contribution in [3.8, 4) is 0 Å². The van der Waals surface area contributed by atoms with Crippen LogP contribution < -0.4 is 16.0 Å². The monoisotopic (exact) mass is 283 g/mol. The van der Waals surface area contributed by atoms with Gasteiger partial charge in [-0.15, -0.1) is 0 Å². The van der Waals surface area contributed by atoms with Crippen LogP contribution in [0.15, 0.2) is 0 Å². The SMILES string of the molecule is CNC(=O)C(CC(C)C)NC(=O)C1NCCCC1(C)C. The number of likely N-dealkylation sites (N-methyl/N-ethyl adjacent to an activating group) is 1. The van der Waals surface area contributed by atoms with Crippen LogP contribution in [-0.4, -0.2) is 37.5 Å². The van der Waals surface area contributed by atoms with E-state index in [0.29, 0.717) is 12.3 Å². The third kappa shape index (κ3) is 4.47. The van der Waals surface area contributed by atoms with Gasteiger partial charge in [0.05, 0.1) is 6.04 Å². The molecule has 1 heterocycles. The van der Waals surface area contributed by atoms with Gasteiger partial charge in [0.25, 0.3) is 0 Å². The zero-order valence-corrected chi connectivity index (χ0v) is 13.4. The third-order valence-electron chi connectivity index (χ3n) is 3.98. The van der Waals surface area contributed by atoms with Crippen molar-refractivity contribution in [2.75, 3.05) is 13.6 Å². The van der Waals surface area contributed by atoms with Crippen molar-refractivity contribution < 1.29 is 9.59 Å². The molecule has 0 aromatic carbocycles. The van der Waals surface area contributed by atoms with Crippen LogP contribution in [0.2, 0.25) is 0 Å². The van der Waals surface area contributed by atoms with Gasteiger partial charge in [0.1, 0.15) is 6.04 Å². The Morgan fingerprint density at radius 3 is 2.50 bits per heavy atom. The summed E-state index contributed by atoms with van der Waals surface area (Å²) in [6.45, 7) is 9.15. The minimum Gasteiger partial charge on any atom is -0.357 e. The Labute approximate surface area is 122 Å². The number of carbonyl (C=O) groups excluding carboxylic acids is 2. The molecular formula is C15H29N3O2. The van der Waals surface area contributed by atoms with E-state index < -0.39 is 6.04 Å². The van der Waals surface area contributed by atoms with Gasteiger partial charge in [-0.2, -0.15) is 0 Å². The van der Waals surface area contributed by atoms with Crippen LogP contribution in [0.4, 0.5) is 0 Å². The van der Waals surface area contributed by atoms with Crippen LogP contribution >= 0.6 is 0 Å². The molecule has 1 aliphatic heterocycles. The maximum absolute atomic E-state index is 12.5. The number of hydrogen-bond donors (Lipinski definition) is 3. The summed E-state index contributed by atoms with van der Waals surface area (Å²) in [6.07, 6.45) is 2.76. The Kier molecular flexibility index (Phi) is 5.99. The molecule has 1 rings (SSSR count). The first-order valence-electron chi connectivity index (χ1n) is 7.53. The standard InChI is InChI=1S/C15H29N3O2/c1-10(2)9-11(13(19)16-5)18-14(20)12-15(3,4)7-6-8-17-12/h10-12,17H,6-9H2,1-5H3,(H,16,19)(H,18,20). The smallest absolute Gasteiger partial charge is 0.242 e. The topological polar surface area (TPSA) is 70.2 Å². The van der Waals surface area contributed by atoms with E-state index in [1.165, 1.54) is 0 Å². The Bertz CT molecular complexity index is 353. The van der Waals surface area contributed by atoms with Crippen molar-refractivity contribution in [3.63, 3.8) is 0 Å². The molecular weight excluding hydrogens is 254 g/mol. The second-order valence-corrected chi connectivity index (χ2v) is 6.78. The highest BCUT2D eigenvalue weighted by molar-refractivity contribution is 5.90. The van der Waals surface area contributed by atoms with E-state index in [9.17, 15) is 9.59 Å². The predicted molar refractivity (Wildman–Crippen MR) is 80.3 cm³/mol. The zero-order valence-electron chi connectivity index (χ0n) is 13.4. The van der Waals surface area contributed by atoms with Crippen molar-refractivity contribution in [2.45, 2.75) is 59.0 Å². The average Bonchev–Trinajstić information content (AvgIpc) is 2.35. The van der Waals surface area contributed by atoms with Gasteiger partial charge in [0.2, 0.25) is 11.8 Å². The average molecular weight is 283 g/mol. The molecule has 0 radical (unpaired) electrons. The Morgan fingerprint density at radius 1 is 1.35 bits per heavy atom. The number of amides is 2. The lowest BCUT2D eigenvalue weighted by Crippen LogP contribution is -2.59. The molecule has 1 aliphatic rings. The summed E-state index contributed by atoms with van der Waals surface area (Å²) in [5.41, 5.74) is -0.0760. The fraction of sp³-hybridized carbons (Fsp3) is 0.867. The molecule has 0 saturated carbocycles. The van der Waals surface area contributed by atoms with E-state index in [1.54, 1.807) is 7.05 Å². The minimum atomic E-state index is -0.452. The quantitative estimate of drug-likeness (QED) is 0.706. The summed E-state index contributed by atoms with van der Waals surface area (Å²) < 4.78 is 0. The lowest BCUT2D eigenvalue weighted by Gasteiger charge is -2.38. The second-order valence-electron chi connectivity index (χ2n) is 6.78. The Morgan fingerprint density at radius 2 is 2.00 bits per heavy atom. The fourth-order valence-corrected chi connectivity index (χ4v) is 2.79. The maximum atomic E-state index is 12.5. The molecule has 2 unspecified atom stereocenters. The van der Waals surface area contributed by atoms with Gasteiger partial charge < -0.3 is 16.0 Å². The zero-order chi connectivity index (χ0) is 15.3. The first-order valence-corrected chi connectivity index (χ1v) is 7.53. The van der Waals surface area contributed by atoms with Crippen LogP contribution in [0.1, 0.15) is 47.0 Å². The molecule has 5 heteroatoms. The molecule has 3 N–H and O–H groups in total. The number of carbonyl (C=O) groups is 2. The highest BCUT2D eigenvalue weighted by Gasteiger charge is 2.38. The lowest BCUT2D eigenvalue weighted by atomic mass is 9.77. The van der Waals surface area contributed by atoms with E-state index in [1.807, 2.05) is 13.8 Å². The van der Waals surface area contributed by atoms with Crippen molar-refractivity contribution in [1.29, 1.82) is 0 Å². The normalized spacial score (nSPS) is 23.2. The van der Waals surface area contributed by atoms with Gasteiger partial charge in [-0.3, -0.25) is 9.59 Å². The molecule has 5 nitrogen and oxygen atoms in total. The molecule has 20 heavy (non-hydrogen) atoms. The number of nitrogens with one attached hydrogen (secondary N) is 3. The molecule has 0 bridgehead atoms. The third-order valence-corrected chi connectivity index (χ3v) is 3.98. The van der Waals surface area contributed by atoms with E-state index in [4.69, 9.17) is 0 Å². The van der Waals surface area contributed by atoms with Crippen LogP contribution in [0.5, 0.6) is 0 Å². The summed E-state index contributed by atoms with van der Waals surface area (Å²) in [5, 5.41) is 8.82. The highest BCUT2D eigenvalue weighted by Crippen LogP contribution is 2.30. The number of piperidine rings is 1. The molecule has 0 aromatic heterocycles. The Hall–Kier alpha value is -1.10. The van der Waals surface area contributed by atoms with Crippen LogP contribution in [-0.2, 0) is 9.59 Å². The largest absolute Gasteiger partial charge is 0.357 e. The van der Waals surface area contributed by atoms with Crippen molar-refractivity contribution >= 4 is 11.8 Å². The summed E-state index contributed by atoms with van der Waals surface area (Å²) in [5.74, 6) is 0.162. The van der Waals surface area contributed by atoms with Crippen LogP contribution in [0.3, 0.4) is 0 Å². The van der Waals surface area contributed by atoms with E-state index >= 15 is 0 Å². The van der Waals surface area contributed by atoms with Crippen LogP contribution in [0, 0.1) is 11.3 Å². The molecule has 0 spiro atoms. The number of hydrogen-bond acceptors (Lipinski definition) is 3. The molecule has 0 aromatic rings. The summed E-state index contributed by atoms with van der Waals surface area (Å²) >= 11 is 0. The van der Waals surface area contributed by atoms with Crippen molar-refractivity contribution in [1.82, 2.24) is 16.0 Å². The van der Waals surface area contributed by atoms with Crippen molar-refractivity contribution in [2.24, 2.45) is 11.3 Å². The minimum absolute atomic E-state index is 0.0658. The summed E-state index contributed by atoms with van der Waals surface area (Å²) in [6, 6.07) is -0.678. The molecule has 116 valence electrons. The first kappa shape index (κ1) is 17.0. The van der Waals surface area contributed by atoms with Gasteiger partial charge in [-0.05, 0) is 37.1 Å². The van der Waals surface area contributed by atoms with E-state index in [2.05, 4.69) is 29.8 Å². The molecule has 2 atom stereocenters. The van der Waals surface area contributed by atoms with Crippen molar-refractivity contribution in [3.05, 3.63) is 0 Å². The Balaban J connectivity index is 2.71. The van der Waals surface area contributed by atoms with E-state index in [0.717, 1.165) is 19.4 Å². The van der Waals surface area contributed by atoms with Crippen LogP contribution in [0.25, 0.3) is 0 Å². The lowest BCUT2D eigenvalue weighted by molar-refractivity contribution is -0.132. The molecule has 2 amide bonds. The van der Waals surface area contributed by atoms with Gasteiger partial charge >= 0.3 is 0 Å². The predicted octanol–water partition coefficient (Wildman–Crippen LogP) is 1.04. The van der Waals surface area contributed by atoms with Gasteiger partial charge in [-0.1, -0.05) is 27.7 Å². The van der Waals surface area contributed by atoms with Gasteiger partial charge in [-0.25, -0.2) is 0 Å². The maximum Gasteiger partial charge on any atom is 0.242 e. The first-order chi connectivity index (χ1) is 9.27. The summed E-state index contributed by atoms with van der Waals surface area (Å²) in [7, 11) is 1.60. The fourth-order valence-electron chi connectivity index (χ4n) is 2.79. The molecule has 1 fully saturated rings. The summed E-state index contributed by atoms with van der Waals surface area (Å²) in [4.78, 5) is 24.4. The number of rotatable bonds is 5.